The lowest BCUT2D eigenvalue weighted by atomic mass is 10.1. The summed E-state index contributed by atoms with van der Waals surface area (Å²) in [7, 11) is 0. The largest absolute Gasteiger partial charge is 0.395 e. The quantitative estimate of drug-likeness (QED) is 0.679. The molecule has 138 valence electrons. The summed E-state index contributed by atoms with van der Waals surface area (Å²) >= 11 is 0. The first-order valence-electron chi connectivity index (χ1n) is 8.41. The molecule has 3 rings (SSSR count). The number of hydrogen-bond acceptors (Lipinski definition) is 5. The molecule has 0 atom stereocenters. The highest BCUT2D eigenvalue weighted by molar-refractivity contribution is 6.17. The summed E-state index contributed by atoms with van der Waals surface area (Å²) in [4.78, 5) is 37.1. The van der Waals surface area contributed by atoms with Crippen molar-refractivity contribution in [3.8, 4) is 0 Å². The Morgan fingerprint density at radius 2 is 1.78 bits per heavy atom. The third kappa shape index (κ3) is 4.21. The minimum absolute atomic E-state index is 0.0384. The number of nitrogens with one attached hydrogen (secondary N) is 2. The van der Waals surface area contributed by atoms with Gasteiger partial charge in [0.25, 0.3) is 17.7 Å². The van der Waals surface area contributed by atoms with Gasteiger partial charge in [-0.15, -0.1) is 0 Å². The van der Waals surface area contributed by atoms with E-state index in [0.29, 0.717) is 16.9 Å². The normalized spacial score (nSPS) is 13.6. The van der Waals surface area contributed by atoms with Crippen LogP contribution in [0.15, 0.2) is 60.3 Å². The average molecular weight is 365 g/mol. The summed E-state index contributed by atoms with van der Waals surface area (Å²) in [6.45, 7) is 1.60. The van der Waals surface area contributed by atoms with Crippen molar-refractivity contribution in [2.75, 3.05) is 23.8 Å². The van der Waals surface area contributed by atoms with Crippen LogP contribution in [0.25, 0.3) is 0 Å². The second kappa shape index (κ2) is 7.84. The minimum Gasteiger partial charge on any atom is -0.395 e. The molecule has 1 aliphatic heterocycles. The molecule has 1 heterocycles. The van der Waals surface area contributed by atoms with Gasteiger partial charge in [-0.1, -0.05) is 17.7 Å². The highest BCUT2D eigenvalue weighted by atomic mass is 16.3. The molecule has 0 bridgehead atoms. The van der Waals surface area contributed by atoms with E-state index in [0.717, 1.165) is 10.5 Å². The summed E-state index contributed by atoms with van der Waals surface area (Å²) in [6, 6.07) is 14.1. The summed E-state index contributed by atoms with van der Waals surface area (Å²) in [6.07, 6.45) is 1.20. The van der Waals surface area contributed by atoms with Crippen molar-refractivity contribution in [3.63, 3.8) is 0 Å². The Hall–Kier alpha value is -3.45. The van der Waals surface area contributed by atoms with Gasteiger partial charge in [0.2, 0.25) is 0 Å². The number of imide groups is 1. The van der Waals surface area contributed by atoms with E-state index in [1.807, 2.05) is 19.1 Å². The molecule has 0 saturated heterocycles. The first-order chi connectivity index (χ1) is 13.0. The zero-order chi connectivity index (χ0) is 19.4. The summed E-state index contributed by atoms with van der Waals surface area (Å²) < 4.78 is 0. The van der Waals surface area contributed by atoms with Gasteiger partial charge in [0.15, 0.2) is 0 Å². The van der Waals surface area contributed by atoms with Gasteiger partial charge < -0.3 is 15.7 Å². The molecular formula is C20H19N3O4. The van der Waals surface area contributed by atoms with E-state index in [4.69, 9.17) is 5.11 Å². The molecule has 0 unspecified atom stereocenters. The van der Waals surface area contributed by atoms with Crippen LogP contribution >= 0.6 is 0 Å². The van der Waals surface area contributed by atoms with Crippen LogP contribution in [0.2, 0.25) is 0 Å². The number of amides is 3. The Morgan fingerprint density at radius 1 is 1.07 bits per heavy atom. The number of benzene rings is 2. The number of aliphatic hydroxyl groups is 1. The number of β-amino-alcohol motifs (C(OH)–C–C–N with tert-alkyl or cyclic N) is 1. The molecule has 0 aliphatic carbocycles. The number of aliphatic hydroxyl groups excluding tert-OH is 1. The molecule has 2 aromatic rings. The summed E-state index contributed by atoms with van der Waals surface area (Å²) in [5, 5.41) is 14.6. The monoisotopic (exact) mass is 365 g/mol. The zero-order valence-corrected chi connectivity index (χ0v) is 14.7. The standard InChI is InChI=1S/C20H19N3O4/c1-13-3-2-4-14(11-13)19(26)22-16-7-5-15(6-8-16)21-17-12-18(25)23(9-10-24)20(17)27/h2-8,11-12,21,24H,9-10H2,1H3,(H,22,26). The summed E-state index contributed by atoms with van der Waals surface area (Å²) in [5.74, 6) is -1.15. The van der Waals surface area contributed by atoms with Crippen LogP contribution in [0.5, 0.6) is 0 Å². The lowest BCUT2D eigenvalue weighted by Crippen LogP contribution is -2.34. The SMILES string of the molecule is Cc1cccc(C(=O)Nc2ccc(NC3=CC(=O)N(CCO)C3=O)cc2)c1. The van der Waals surface area contributed by atoms with Crippen LogP contribution in [0.4, 0.5) is 11.4 Å². The van der Waals surface area contributed by atoms with Gasteiger partial charge in [-0.3, -0.25) is 19.3 Å². The lowest BCUT2D eigenvalue weighted by Gasteiger charge is -2.13. The van der Waals surface area contributed by atoms with E-state index < -0.39 is 11.8 Å². The fourth-order valence-electron chi connectivity index (χ4n) is 2.69. The van der Waals surface area contributed by atoms with Gasteiger partial charge in [0.1, 0.15) is 5.70 Å². The highest BCUT2D eigenvalue weighted by Crippen LogP contribution is 2.19. The zero-order valence-electron chi connectivity index (χ0n) is 14.7. The molecule has 2 aromatic carbocycles. The Morgan fingerprint density at radius 3 is 2.44 bits per heavy atom. The molecule has 7 heteroatoms. The van der Waals surface area contributed by atoms with E-state index >= 15 is 0 Å². The molecule has 3 amide bonds. The van der Waals surface area contributed by atoms with Crippen LogP contribution in [-0.2, 0) is 9.59 Å². The second-order valence-electron chi connectivity index (χ2n) is 6.10. The van der Waals surface area contributed by atoms with Crippen molar-refractivity contribution >= 4 is 29.1 Å². The van der Waals surface area contributed by atoms with Crippen molar-refractivity contribution in [3.05, 3.63) is 71.4 Å². The molecule has 0 aromatic heterocycles. The molecule has 7 nitrogen and oxygen atoms in total. The number of carbonyl (C=O) groups is 3. The predicted molar refractivity (Wildman–Crippen MR) is 101 cm³/mol. The molecular weight excluding hydrogens is 346 g/mol. The van der Waals surface area contributed by atoms with Crippen molar-refractivity contribution in [2.45, 2.75) is 6.92 Å². The third-order valence-corrected chi connectivity index (χ3v) is 4.04. The van der Waals surface area contributed by atoms with E-state index in [9.17, 15) is 14.4 Å². The number of hydrogen-bond donors (Lipinski definition) is 3. The Kier molecular flexibility index (Phi) is 5.33. The lowest BCUT2D eigenvalue weighted by molar-refractivity contribution is -0.137. The third-order valence-electron chi connectivity index (χ3n) is 4.04. The van der Waals surface area contributed by atoms with Crippen LogP contribution in [-0.4, -0.2) is 40.9 Å². The van der Waals surface area contributed by atoms with E-state index in [1.54, 1.807) is 36.4 Å². The molecule has 3 N–H and O–H groups in total. The van der Waals surface area contributed by atoms with Crippen LogP contribution in [0.3, 0.4) is 0 Å². The van der Waals surface area contributed by atoms with Crippen molar-refractivity contribution in [2.24, 2.45) is 0 Å². The summed E-state index contributed by atoms with van der Waals surface area (Å²) in [5.41, 5.74) is 2.92. The number of anilines is 2. The van der Waals surface area contributed by atoms with Gasteiger partial charge in [-0.2, -0.15) is 0 Å². The number of nitrogens with zero attached hydrogens (tertiary/aromatic N) is 1. The number of carbonyl (C=O) groups excluding carboxylic acids is 3. The molecule has 0 fully saturated rings. The van der Waals surface area contributed by atoms with E-state index in [2.05, 4.69) is 10.6 Å². The van der Waals surface area contributed by atoms with Gasteiger partial charge in [0.05, 0.1) is 13.2 Å². The number of aryl methyl sites for hydroxylation is 1. The van der Waals surface area contributed by atoms with Gasteiger partial charge in [-0.25, -0.2) is 0 Å². The predicted octanol–water partition coefficient (Wildman–Crippen LogP) is 1.90. The smallest absolute Gasteiger partial charge is 0.277 e. The average Bonchev–Trinajstić information content (AvgIpc) is 2.91. The van der Waals surface area contributed by atoms with Gasteiger partial charge >= 0.3 is 0 Å². The van der Waals surface area contributed by atoms with Crippen molar-refractivity contribution in [1.29, 1.82) is 0 Å². The van der Waals surface area contributed by atoms with Crippen molar-refractivity contribution < 1.29 is 19.5 Å². The van der Waals surface area contributed by atoms with Crippen LogP contribution in [0, 0.1) is 6.92 Å². The Bertz CT molecular complexity index is 919. The van der Waals surface area contributed by atoms with Crippen molar-refractivity contribution in [1.82, 2.24) is 4.90 Å². The topological polar surface area (TPSA) is 98.7 Å². The first kappa shape index (κ1) is 18.3. The molecule has 0 saturated carbocycles. The number of rotatable bonds is 6. The van der Waals surface area contributed by atoms with E-state index in [-0.39, 0.29) is 24.8 Å². The molecule has 1 aliphatic rings. The Labute approximate surface area is 156 Å². The maximum absolute atomic E-state index is 12.3. The fraction of sp³-hybridized carbons (Fsp3) is 0.150. The molecule has 0 spiro atoms. The molecule has 0 radical (unpaired) electrons. The highest BCUT2D eigenvalue weighted by Gasteiger charge is 2.30. The van der Waals surface area contributed by atoms with Gasteiger partial charge in [0, 0.05) is 23.0 Å². The molecule has 27 heavy (non-hydrogen) atoms. The Balaban J connectivity index is 1.64. The van der Waals surface area contributed by atoms with Crippen LogP contribution in [0.1, 0.15) is 15.9 Å². The van der Waals surface area contributed by atoms with Crippen LogP contribution < -0.4 is 10.6 Å². The first-order valence-corrected chi connectivity index (χ1v) is 8.41. The minimum atomic E-state index is -0.481. The van der Waals surface area contributed by atoms with E-state index in [1.165, 1.54) is 6.08 Å². The maximum atomic E-state index is 12.3. The maximum Gasteiger partial charge on any atom is 0.277 e. The van der Waals surface area contributed by atoms with Gasteiger partial charge in [-0.05, 0) is 43.3 Å². The fourth-order valence-corrected chi connectivity index (χ4v) is 2.69. The second-order valence-corrected chi connectivity index (χ2v) is 6.10.